The van der Waals surface area contributed by atoms with E-state index in [1.54, 1.807) is 0 Å². The molecule has 0 amide bonds. The summed E-state index contributed by atoms with van der Waals surface area (Å²) in [5, 5.41) is 0. The van der Waals surface area contributed by atoms with Crippen LogP contribution in [0.3, 0.4) is 0 Å². The molecule has 1 nitrogen and oxygen atoms in total. The van der Waals surface area contributed by atoms with Gasteiger partial charge in [-0.1, -0.05) is 41.5 Å². The molecule has 0 N–H and O–H groups in total. The number of hydrogen-bond acceptors (Lipinski definition) is 1. The third-order valence-corrected chi connectivity index (χ3v) is 4.24. The molecule has 0 saturated heterocycles. The first-order valence-electron chi connectivity index (χ1n) is 7.40. The van der Waals surface area contributed by atoms with Gasteiger partial charge >= 0.3 is 0 Å². The lowest BCUT2D eigenvalue weighted by Crippen LogP contribution is -2.19. The first-order valence-corrected chi connectivity index (χ1v) is 7.40. The van der Waals surface area contributed by atoms with Gasteiger partial charge in [-0.05, 0) is 71.8 Å². The zero-order valence-electron chi connectivity index (χ0n) is 14.1. The quantitative estimate of drug-likeness (QED) is 0.665. The van der Waals surface area contributed by atoms with Crippen LogP contribution in [0.15, 0.2) is 41.5 Å². The summed E-state index contributed by atoms with van der Waals surface area (Å²) in [4.78, 5) is 2.30. The lowest BCUT2D eigenvalue weighted by molar-refractivity contribution is 0.301. The zero-order valence-corrected chi connectivity index (χ0v) is 14.1. The van der Waals surface area contributed by atoms with E-state index in [1.165, 1.54) is 27.8 Å². The first-order chi connectivity index (χ1) is 9.36. The molecule has 20 heavy (non-hydrogen) atoms. The van der Waals surface area contributed by atoms with Gasteiger partial charge in [0.25, 0.3) is 0 Å². The van der Waals surface area contributed by atoms with E-state index in [4.69, 9.17) is 0 Å². The summed E-state index contributed by atoms with van der Waals surface area (Å²) in [5.74, 6) is 0. The van der Waals surface area contributed by atoms with Crippen LogP contribution in [0, 0.1) is 13.8 Å². The highest BCUT2D eigenvalue weighted by molar-refractivity contribution is 5.33. The van der Waals surface area contributed by atoms with E-state index in [9.17, 15) is 0 Å². The molecule has 0 bridgehead atoms. The molecule has 0 saturated carbocycles. The van der Waals surface area contributed by atoms with Crippen molar-refractivity contribution in [3.8, 4) is 0 Å². The summed E-state index contributed by atoms with van der Waals surface area (Å²) in [6.45, 7) is 10.8. The summed E-state index contributed by atoms with van der Waals surface area (Å²) in [6.07, 6.45) is 5.58. The summed E-state index contributed by atoms with van der Waals surface area (Å²) >= 11 is 0. The van der Waals surface area contributed by atoms with Gasteiger partial charge in [0.15, 0.2) is 0 Å². The minimum Gasteiger partial charge on any atom is -0.302 e. The maximum absolute atomic E-state index is 2.36. The van der Waals surface area contributed by atoms with Crippen LogP contribution in [0.2, 0.25) is 0 Å². The number of benzene rings is 1. The Balaban J connectivity index is 2.98. The molecule has 0 spiro atoms. The Morgan fingerprint density at radius 1 is 1.10 bits per heavy atom. The van der Waals surface area contributed by atoms with Gasteiger partial charge in [0.05, 0.1) is 0 Å². The van der Waals surface area contributed by atoms with Crippen LogP contribution in [0.1, 0.15) is 49.9 Å². The fourth-order valence-corrected chi connectivity index (χ4v) is 2.29. The molecule has 0 radical (unpaired) electrons. The van der Waals surface area contributed by atoms with E-state index in [0.29, 0.717) is 6.04 Å². The molecule has 0 fully saturated rings. The molecule has 1 rings (SSSR count). The van der Waals surface area contributed by atoms with Gasteiger partial charge in [0, 0.05) is 6.04 Å². The van der Waals surface area contributed by atoms with Crippen LogP contribution in [0.4, 0.5) is 0 Å². The third-order valence-electron chi connectivity index (χ3n) is 4.24. The number of allylic oxidation sites excluding steroid dienone is 3. The van der Waals surface area contributed by atoms with Crippen molar-refractivity contribution >= 4 is 0 Å². The average molecular weight is 271 g/mol. The lowest BCUT2D eigenvalue weighted by atomic mass is 9.96. The minimum absolute atomic E-state index is 0.439. The Labute approximate surface area is 125 Å². The molecule has 0 aromatic heterocycles. The predicted octanol–water partition coefficient (Wildman–Crippen LogP) is 5.21. The van der Waals surface area contributed by atoms with Crippen molar-refractivity contribution in [2.24, 2.45) is 0 Å². The van der Waals surface area contributed by atoms with Crippen molar-refractivity contribution in [1.29, 1.82) is 0 Å². The van der Waals surface area contributed by atoms with E-state index >= 15 is 0 Å². The van der Waals surface area contributed by atoms with E-state index in [0.717, 1.165) is 6.42 Å². The molecule has 1 aromatic carbocycles. The topological polar surface area (TPSA) is 3.24 Å². The standard InChI is InChI=1S/C19H29N/c1-8-14(2)15(3)10-12-19(20(6)7)18-11-9-16(4)17(5)13-18/h8-11,13,19H,12H2,1-7H3/b14-8-,15-10-. The highest BCUT2D eigenvalue weighted by atomic mass is 15.1. The Morgan fingerprint density at radius 2 is 1.75 bits per heavy atom. The Morgan fingerprint density at radius 3 is 2.25 bits per heavy atom. The zero-order chi connectivity index (χ0) is 15.3. The number of aryl methyl sites for hydroxylation is 2. The van der Waals surface area contributed by atoms with Crippen LogP contribution < -0.4 is 0 Å². The van der Waals surface area contributed by atoms with Crippen molar-refractivity contribution in [1.82, 2.24) is 4.90 Å². The highest BCUT2D eigenvalue weighted by Gasteiger charge is 2.13. The van der Waals surface area contributed by atoms with Crippen molar-refractivity contribution in [2.45, 2.75) is 47.1 Å². The third kappa shape index (κ3) is 4.35. The fourth-order valence-electron chi connectivity index (χ4n) is 2.29. The van der Waals surface area contributed by atoms with Gasteiger partial charge in [-0.15, -0.1) is 0 Å². The van der Waals surface area contributed by atoms with Crippen molar-refractivity contribution < 1.29 is 0 Å². The van der Waals surface area contributed by atoms with Gasteiger partial charge in [0.2, 0.25) is 0 Å². The molecular weight excluding hydrogens is 242 g/mol. The molecule has 1 atom stereocenters. The van der Waals surface area contributed by atoms with E-state index in [2.05, 4.69) is 84.0 Å². The van der Waals surface area contributed by atoms with Gasteiger partial charge in [-0.2, -0.15) is 0 Å². The number of nitrogens with zero attached hydrogens (tertiary/aromatic N) is 1. The minimum atomic E-state index is 0.439. The SMILES string of the molecule is C/C=C(C)\C(C)=C/CC(c1ccc(C)c(C)c1)N(C)C. The summed E-state index contributed by atoms with van der Waals surface area (Å²) in [7, 11) is 4.32. The Bertz CT molecular complexity index is 506. The van der Waals surface area contributed by atoms with Crippen LogP contribution in [0.25, 0.3) is 0 Å². The number of hydrogen-bond donors (Lipinski definition) is 0. The second kappa shape index (κ2) is 7.44. The van der Waals surface area contributed by atoms with Gasteiger partial charge < -0.3 is 4.90 Å². The maximum atomic E-state index is 2.36. The molecule has 0 heterocycles. The first kappa shape index (κ1) is 16.7. The van der Waals surface area contributed by atoms with E-state index < -0.39 is 0 Å². The Kier molecular flexibility index (Phi) is 6.22. The van der Waals surface area contributed by atoms with E-state index in [-0.39, 0.29) is 0 Å². The molecule has 1 aromatic rings. The van der Waals surface area contributed by atoms with Crippen molar-refractivity contribution in [2.75, 3.05) is 14.1 Å². The van der Waals surface area contributed by atoms with Gasteiger partial charge in [-0.3, -0.25) is 0 Å². The monoisotopic (exact) mass is 271 g/mol. The normalized spacial score (nSPS) is 14.8. The molecule has 110 valence electrons. The van der Waals surface area contributed by atoms with E-state index in [1.807, 2.05) is 0 Å². The van der Waals surface area contributed by atoms with Crippen LogP contribution in [-0.2, 0) is 0 Å². The smallest absolute Gasteiger partial charge is 0.0376 e. The predicted molar refractivity (Wildman–Crippen MR) is 90.1 cm³/mol. The average Bonchev–Trinajstić information content (AvgIpc) is 2.41. The largest absolute Gasteiger partial charge is 0.302 e. The Hall–Kier alpha value is -1.34. The molecule has 0 aliphatic heterocycles. The van der Waals surface area contributed by atoms with Gasteiger partial charge in [0.1, 0.15) is 0 Å². The summed E-state index contributed by atoms with van der Waals surface area (Å²) in [5.41, 5.74) is 6.88. The molecule has 1 unspecified atom stereocenters. The molecular formula is C19H29N. The van der Waals surface area contributed by atoms with Crippen LogP contribution in [0.5, 0.6) is 0 Å². The lowest BCUT2D eigenvalue weighted by Gasteiger charge is -2.24. The highest BCUT2D eigenvalue weighted by Crippen LogP contribution is 2.25. The van der Waals surface area contributed by atoms with Crippen molar-refractivity contribution in [3.63, 3.8) is 0 Å². The van der Waals surface area contributed by atoms with Gasteiger partial charge in [-0.25, -0.2) is 0 Å². The summed E-state index contributed by atoms with van der Waals surface area (Å²) in [6, 6.07) is 7.26. The second-order valence-corrected chi connectivity index (χ2v) is 5.92. The molecule has 0 aliphatic carbocycles. The summed E-state index contributed by atoms with van der Waals surface area (Å²) < 4.78 is 0. The molecule has 0 aliphatic rings. The number of rotatable bonds is 5. The van der Waals surface area contributed by atoms with Crippen LogP contribution >= 0.6 is 0 Å². The molecule has 1 heteroatoms. The second-order valence-electron chi connectivity index (χ2n) is 5.92. The maximum Gasteiger partial charge on any atom is 0.0376 e. The van der Waals surface area contributed by atoms with Crippen LogP contribution in [-0.4, -0.2) is 19.0 Å². The fraction of sp³-hybridized carbons (Fsp3) is 0.474. The van der Waals surface area contributed by atoms with Crippen molar-refractivity contribution in [3.05, 3.63) is 58.2 Å².